The molecule has 1 nitrogen and oxygen atoms in total. The Kier molecular flexibility index (Phi) is 10.1. The fraction of sp³-hybridized carbons (Fsp3) is 0.895. The minimum atomic E-state index is 0.948. The molecule has 0 aromatic carbocycles. The van der Waals surface area contributed by atoms with Crippen LogP contribution in [-0.4, -0.2) is 13.1 Å². The molecule has 0 aromatic heterocycles. The van der Waals surface area contributed by atoms with Crippen LogP contribution in [0.4, 0.5) is 0 Å². The Morgan fingerprint density at radius 1 is 1.10 bits per heavy atom. The predicted octanol–water partition coefficient (Wildman–Crippen LogP) is 5.57. The van der Waals surface area contributed by atoms with E-state index in [4.69, 9.17) is 0 Å². The van der Waals surface area contributed by atoms with Crippen molar-refractivity contribution in [2.45, 2.75) is 78.1 Å². The van der Waals surface area contributed by atoms with Crippen molar-refractivity contribution in [3.05, 3.63) is 12.7 Å². The van der Waals surface area contributed by atoms with Gasteiger partial charge >= 0.3 is 0 Å². The van der Waals surface area contributed by atoms with Crippen LogP contribution in [0.3, 0.4) is 0 Å². The van der Waals surface area contributed by atoms with Gasteiger partial charge in [-0.2, -0.15) is 0 Å². The zero-order chi connectivity index (χ0) is 14.6. The summed E-state index contributed by atoms with van der Waals surface area (Å²) < 4.78 is 0. The van der Waals surface area contributed by atoms with Crippen molar-refractivity contribution in [2.24, 2.45) is 17.8 Å². The molecule has 20 heavy (non-hydrogen) atoms. The third-order valence-corrected chi connectivity index (χ3v) is 5.14. The third kappa shape index (κ3) is 6.92. The van der Waals surface area contributed by atoms with Crippen LogP contribution in [0.25, 0.3) is 0 Å². The molecule has 1 saturated carbocycles. The van der Waals surface area contributed by atoms with Crippen LogP contribution >= 0.6 is 0 Å². The SMILES string of the molecule is C=CCCCCCC1CC(CC)CCC1CNCCC. The monoisotopic (exact) mass is 279 g/mol. The lowest BCUT2D eigenvalue weighted by molar-refractivity contribution is 0.160. The molecule has 0 heterocycles. The normalized spacial score (nSPS) is 26.6. The summed E-state index contributed by atoms with van der Waals surface area (Å²) >= 11 is 0. The summed E-state index contributed by atoms with van der Waals surface area (Å²) in [5.74, 6) is 2.95. The number of hydrogen-bond donors (Lipinski definition) is 1. The molecule has 1 N–H and O–H groups in total. The Labute approximate surface area is 127 Å². The van der Waals surface area contributed by atoms with Crippen LogP contribution in [0, 0.1) is 17.8 Å². The van der Waals surface area contributed by atoms with Crippen molar-refractivity contribution in [2.75, 3.05) is 13.1 Å². The quantitative estimate of drug-likeness (QED) is 0.385. The number of rotatable bonds is 11. The first-order valence-corrected chi connectivity index (χ1v) is 9.13. The summed E-state index contributed by atoms with van der Waals surface area (Å²) in [6.45, 7) is 10.9. The van der Waals surface area contributed by atoms with Crippen molar-refractivity contribution in [1.82, 2.24) is 5.32 Å². The molecule has 118 valence electrons. The van der Waals surface area contributed by atoms with Gasteiger partial charge in [0.15, 0.2) is 0 Å². The molecule has 0 amide bonds. The Morgan fingerprint density at radius 2 is 1.95 bits per heavy atom. The van der Waals surface area contributed by atoms with E-state index in [1.165, 1.54) is 77.3 Å². The number of unbranched alkanes of at least 4 members (excludes halogenated alkanes) is 3. The van der Waals surface area contributed by atoms with Crippen LogP contribution in [0.5, 0.6) is 0 Å². The van der Waals surface area contributed by atoms with Gasteiger partial charge in [0.1, 0.15) is 0 Å². The molecule has 0 bridgehead atoms. The van der Waals surface area contributed by atoms with Crippen molar-refractivity contribution >= 4 is 0 Å². The van der Waals surface area contributed by atoms with Crippen molar-refractivity contribution in [3.8, 4) is 0 Å². The van der Waals surface area contributed by atoms with E-state index in [1.807, 2.05) is 0 Å². The number of allylic oxidation sites excluding steroid dienone is 1. The van der Waals surface area contributed by atoms with Gasteiger partial charge in [0, 0.05) is 0 Å². The molecular weight excluding hydrogens is 242 g/mol. The molecule has 0 aliphatic heterocycles. The van der Waals surface area contributed by atoms with Crippen molar-refractivity contribution < 1.29 is 0 Å². The van der Waals surface area contributed by atoms with Gasteiger partial charge in [-0.3, -0.25) is 0 Å². The van der Waals surface area contributed by atoms with E-state index in [9.17, 15) is 0 Å². The lowest BCUT2D eigenvalue weighted by Crippen LogP contribution is -2.33. The molecule has 1 rings (SSSR count). The summed E-state index contributed by atoms with van der Waals surface area (Å²) in [4.78, 5) is 0. The highest BCUT2D eigenvalue weighted by Crippen LogP contribution is 2.38. The first kappa shape index (κ1) is 17.8. The van der Waals surface area contributed by atoms with Crippen LogP contribution in [-0.2, 0) is 0 Å². The third-order valence-electron chi connectivity index (χ3n) is 5.14. The predicted molar refractivity (Wildman–Crippen MR) is 91.1 cm³/mol. The van der Waals surface area contributed by atoms with Crippen LogP contribution in [0.15, 0.2) is 12.7 Å². The summed E-state index contributed by atoms with van der Waals surface area (Å²) in [6.07, 6.45) is 16.0. The molecule has 1 heteroatoms. The zero-order valence-corrected chi connectivity index (χ0v) is 14.0. The average Bonchev–Trinajstić information content (AvgIpc) is 2.48. The highest BCUT2D eigenvalue weighted by Gasteiger charge is 2.28. The molecule has 0 radical (unpaired) electrons. The standard InChI is InChI=1S/C19H37N/c1-4-7-8-9-10-11-18-15-17(6-3)12-13-19(18)16-20-14-5-2/h4,17-20H,1,5-16H2,2-3H3. The fourth-order valence-electron chi connectivity index (χ4n) is 3.75. The maximum absolute atomic E-state index is 3.81. The average molecular weight is 280 g/mol. The lowest BCUT2D eigenvalue weighted by Gasteiger charge is -2.36. The van der Waals surface area contributed by atoms with Gasteiger partial charge in [-0.25, -0.2) is 0 Å². The summed E-state index contributed by atoms with van der Waals surface area (Å²) in [5.41, 5.74) is 0. The second kappa shape index (κ2) is 11.4. The summed E-state index contributed by atoms with van der Waals surface area (Å²) in [6, 6.07) is 0. The molecule has 0 spiro atoms. The minimum Gasteiger partial charge on any atom is -0.316 e. The summed E-state index contributed by atoms with van der Waals surface area (Å²) in [7, 11) is 0. The lowest BCUT2D eigenvalue weighted by atomic mass is 9.71. The van der Waals surface area contributed by atoms with Gasteiger partial charge in [0.25, 0.3) is 0 Å². The highest BCUT2D eigenvalue weighted by molar-refractivity contribution is 4.81. The number of hydrogen-bond acceptors (Lipinski definition) is 1. The Hall–Kier alpha value is -0.300. The van der Waals surface area contributed by atoms with Crippen molar-refractivity contribution in [3.63, 3.8) is 0 Å². The maximum atomic E-state index is 3.81. The van der Waals surface area contributed by atoms with E-state index in [0.29, 0.717) is 0 Å². The van der Waals surface area contributed by atoms with Gasteiger partial charge < -0.3 is 5.32 Å². The van der Waals surface area contributed by atoms with E-state index in [1.54, 1.807) is 0 Å². The van der Waals surface area contributed by atoms with Crippen LogP contribution in [0.2, 0.25) is 0 Å². The van der Waals surface area contributed by atoms with E-state index in [2.05, 4.69) is 31.8 Å². The van der Waals surface area contributed by atoms with Gasteiger partial charge in [-0.1, -0.05) is 52.0 Å². The van der Waals surface area contributed by atoms with Gasteiger partial charge in [-0.15, -0.1) is 6.58 Å². The number of nitrogens with one attached hydrogen (secondary N) is 1. The van der Waals surface area contributed by atoms with E-state index < -0.39 is 0 Å². The van der Waals surface area contributed by atoms with E-state index in [-0.39, 0.29) is 0 Å². The zero-order valence-electron chi connectivity index (χ0n) is 14.0. The van der Waals surface area contributed by atoms with Crippen LogP contribution < -0.4 is 5.32 Å². The van der Waals surface area contributed by atoms with E-state index in [0.717, 1.165) is 17.8 Å². The molecule has 1 aliphatic carbocycles. The Balaban J connectivity index is 2.30. The minimum absolute atomic E-state index is 0.948. The topological polar surface area (TPSA) is 12.0 Å². The first-order valence-electron chi connectivity index (χ1n) is 9.13. The molecular formula is C19H37N. The molecule has 1 fully saturated rings. The van der Waals surface area contributed by atoms with Crippen LogP contribution in [0.1, 0.15) is 78.1 Å². The highest BCUT2D eigenvalue weighted by atomic mass is 14.9. The fourth-order valence-corrected chi connectivity index (χ4v) is 3.75. The summed E-state index contributed by atoms with van der Waals surface area (Å²) in [5, 5.41) is 3.67. The second-order valence-electron chi connectivity index (χ2n) is 6.74. The van der Waals surface area contributed by atoms with Gasteiger partial charge in [-0.05, 0) is 62.9 Å². The molecule has 0 aromatic rings. The Morgan fingerprint density at radius 3 is 2.65 bits per heavy atom. The first-order chi connectivity index (χ1) is 9.81. The Bertz CT molecular complexity index is 234. The smallest absolute Gasteiger partial charge is 0.00179 e. The molecule has 0 saturated heterocycles. The molecule has 1 aliphatic rings. The maximum Gasteiger partial charge on any atom is -0.00179 e. The molecule has 3 unspecified atom stereocenters. The van der Waals surface area contributed by atoms with Gasteiger partial charge in [0.05, 0.1) is 0 Å². The molecule has 3 atom stereocenters. The largest absolute Gasteiger partial charge is 0.316 e. The van der Waals surface area contributed by atoms with Crippen molar-refractivity contribution in [1.29, 1.82) is 0 Å². The second-order valence-corrected chi connectivity index (χ2v) is 6.74. The van der Waals surface area contributed by atoms with Gasteiger partial charge in [0.2, 0.25) is 0 Å². The van der Waals surface area contributed by atoms with E-state index >= 15 is 0 Å².